The second-order valence-electron chi connectivity index (χ2n) is 7.56. The van der Waals surface area contributed by atoms with E-state index in [2.05, 4.69) is 10.3 Å². The summed E-state index contributed by atoms with van der Waals surface area (Å²) in [6.45, 7) is 0.318. The SMILES string of the molecule is Cn1cnc2c1c(=O)n(CC1CCC3(CC1)CC(=O)NC3=O)c(=O)n2C. The lowest BCUT2D eigenvalue weighted by Gasteiger charge is -2.34. The Morgan fingerprint density at radius 2 is 1.88 bits per heavy atom. The molecule has 0 bridgehead atoms. The van der Waals surface area contributed by atoms with Gasteiger partial charge in [-0.15, -0.1) is 0 Å². The number of imidazole rings is 1. The highest BCUT2D eigenvalue weighted by Crippen LogP contribution is 2.44. The summed E-state index contributed by atoms with van der Waals surface area (Å²) in [5.41, 5.74) is -0.523. The van der Waals surface area contributed by atoms with Gasteiger partial charge in [-0.2, -0.15) is 0 Å². The van der Waals surface area contributed by atoms with Crippen molar-refractivity contribution >= 4 is 23.0 Å². The third-order valence-corrected chi connectivity index (χ3v) is 5.94. The molecule has 4 rings (SSSR count). The van der Waals surface area contributed by atoms with Crippen LogP contribution in [0, 0.1) is 11.3 Å². The molecule has 2 aromatic heterocycles. The van der Waals surface area contributed by atoms with E-state index in [9.17, 15) is 19.2 Å². The van der Waals surface area contributed by atoms with Gasteiger partial charge in [0.1, 0.15) is 0 Å². The summed E-state index contributed by atoms with van der Waals surface area (Å²) in [7, 11) is 3.34. The molecule has 2 fully saturated rings. The first-order chi connectivity index (χ1) is 12.3. The highest BCUT2D eigenvalue weighted by molar-refractivity contribution is 6.05. The average molecular weight is 359 g/mol. The molecular formula is C17H21N5O4. The Morgan fingerprint density at radius 1 is 1.19 bits per heavy atom. The molecule has 1 aliphatic heterocycles. The van der Waals surface area contributed by atoms with Crippen molar-refractivity contribution in [2.75, 3.05) is 0 Å². The van der Waals surface area contributed by atoms with Crippen LogP contribution in [0.5, 0.6) is 0 Å². The minimum Gasteiger partial charge on any atom is -0.328 e. The number of carbonyl (C=O) groups excluding carboxylic acids is 2. The van der Waals surface area contributed by atoms with Gasteiger partial charge in [-0.3, -0.25) is 28.8 Å². The summed E-state index contributed by atoms with van der Waals surface area (Å²) >= 11 is 0. The van der Waals surface area contributed by atoms with Crippen LogP contribution in [0.2, 0.25) is 0 Å². The highest BCUT2D eigenvalue weighted by Gasteiger charge is 2.48. The first-order valence-corrected chi connectivity index (χ1v) is 8.77. The molecule has 9 nitrogen and oxygen atoms in total. The molecule has 0 aromatic carbocycles. The minimum absolute atomic E-state index is 0.125. The number of rotatable bonds is 2. The van der Waals surface area contributed by atoms with Gasteiger partial charge < -0.3 is 4.57 Å². The molecule has 9 heteroatoms. The van der Waals surface area contributed by atoms with Crippen molar-refractivity contribution in [2.24, 2.45) is 25.4 Å². The van der Waals surface area contributed by atoms with E-state index in [0.29, 0.717) is 43.4 Å². The Hall–Kier alpha value is -2.71. The fourth-order valence-electron chi connectivity index (χ4n) is 4.32. The van der Waals surface area contributed by atoms with E-state index in [1.807, 2.05) is 0 Å². The third-order valence-electron chi connectivity index (χ3n) is 5.94. The summed E-state index contributed by atoms with van der Waals surface area (Å²) in [6, 6.07) is 0. The Balaban J connectivity index is 1.61. The molecule has 0 atom stereocenters. The van der Waals surface area contributed by atoms with E-state index in [1.54, 1.807) is 18.7 Å². The van der Waals surface area contributed by atoms with Crippen molar-refractivity contribution in [3.63, 3.8) is 0 Å². The van der Waals surface area contributed by atoms with Crippen LogP contribution in [0.4, 0.5) is 0 Å². The zero-order valence-corrected chi connectivity index (χ0v) is 14.8. The maximum atomic E-state index is 12.8. The number of carbonyl (C=O) groups is 2. The number of aromatic nitrogens is 4. The fourth-order valence-corrected chi connectivity index (χ4v) is 4.32. The van der Waals surface area contributed by atoms with E-state index in [0.717, 1.165) is 0 Å². The van der Waals surface area contributed by atoms with Gasteiger partial charge in [0.05, 0.1) is 11.7 Å². The molecule has 1 aliphatic carbocycles. The number of aryl methyl sites for hydroxylation is 2. The molecule has 2 aliphatic rings. The first kappa shape index (κ1) is 16.7. The molecule has 1 saturated carbocycles. The molecule has 26 heavy (non-hydrogen) atoms. The van der Waals surface area contributed by atoms with Crippen molar-refractivity contribution in [3.05, 3.63) is 27.2 Å². The summed E-state index contributed by atoms with van der Waals surface area (Å²) in [5, 5.41) is 2.39. The zero-order chi connectivity index (χ0) is 18.6. The molecule has 1 spiro atoms. The lowest BCUT2D eigenvalue weighted by atomic mass is 9.69. The van der Waals surface area contributed by atoms with Crippen LogP contribution in [0.25, 0.3) is 11.2 Å². The van der Waals surface area contributed by atoms with E-state index < -0.39 is 5.41 Å². The smallest absolute Gasteiger partial charge is 0.328 e. The molecule has 2 aromatic rings. The van der Waals surface area contributed by atoms with Gasteiger partial charge in [0, 0.05) is 27.1 Å². The van der Waals surface area contributed by atoms with E-state index in [-0.39, 0.29) is 35.4 Å². The fraction of sp³-hybridized carbons (Fsp3) is 0.588. The Kier molecular flexibility index (Phi) is 3.64. The number of imide groups is 1. The van der Waals surface area contributed by atoms with Gasteiger partial charge in [0.2, 0.25) is 11.8 Å². The first-order valence-electron chi connectivity index (χ1n) is 8.77. The normalized spacial score (nSPS) is 26.0. The molecular weight excluding hydrogens is 338 g/mol. The van der Waals surface area contributed by atoms with Crippen molar-refractivity contribution in [1.29, 1.82) is 0 Å². The van der Waals surface area contributed by atoms with Gasteiger partial charge in [0.25, 0.3) is 5.56 Å². The second kappa shape index (κ2) is 5.65. The van der Waals surface area contributed by atoms with Crippen molar-refractivity contribution in [2.45, 2.75) is 38.6 Å². The van der Waals surface area contributed by atoms with Crippen molar-refractivity contribution < 1.29 is 9.59 Å². The number of hydrogen-bond donors (Lipinski definition) is 1. The molecule has 0 radical (unpaired) electrons. The lowest BCUT2D eigenvalue weighted by molar-refractivity contribution is -0.130. The van der Waals surface area contributed by atoms with E-state index >= 15 is 0 Å². The molecule has 3 heterocycles. The zero-order valence-electron chi connectivity index (χ0n) is 14.8. The predicted molar refractivity (Wildman–Crippen MR) is 92.4 cm³/mol. The standard InChI is InChI=1S/C17H21N5O4/c1-20-9-18-13-12(20)14(24)22(16(26)21(13)2)8-10-3-5-17(6-4-10)7-11(23)19-15(17)25/h9-10H,3-8H2,1-2H3,(H,19,23,25). The number of fused-ring (bicyclic) bond motifs is 1. The van der Waals surface area contributed by atoms with E-state index in [4.69, 9.17) is 0 Å². The topological polar surface area (TPSA) is 108 Å². The molecule has 1 saturated heterocycles. The third kappa shape index (κ3) is 2.33. The number of amides is 2. The number of hydrogen-bond acceptors (Lipinski definition) is 5. The van der Waals surface area contributed by atoms with Crippen LogP contribution in [0.15, 0.2) is 15.9 Å². The van der Waals surface area contributed by atoms with Gasteiger partial charge in [0.15, 0.2) is 11.2 Å². The summed E-state index contributed by atoms with van der Waals surface area (Å²) < 4.78 is 4.29. The van der Waals surface area contributed by atoms with E-state index in [1.165, 1.54) is 15.5 Å². The van der Waals surface area contributed by atoms with Crippen molar-refractivity contribution in [3.8, 4) is 0 Å². The second-order valence-corrected chi connectivity index (χ2v) is 7.56. The van der Waals surface area contributed by atoms with Crippen LogP contribution in [0.3, 0.4) is 0 Å². The van der Waals surface area contributed by atoms with Crippen LogP contribution < -0.4 is 16.6 Å². The predicted octanol–water partition coefficient (Wildman–Crippen LogP) is -0.343. The van der Waals surface area contributed by atoms with Crippen LogP contribution in [-0.4, -0.2) is 30.5 Å². The quantitative estimate of drug-likeness (QED) is 0.738. The molecule has 0 unspecified atom stereocenters. The monoisotopic (exact) mass is 359 g/mol. The maximum Gasteiger partial charge on any atom is 0.332 e. The molecule has 1 N–H and O–H groups in total. The highest BCUT2D eigenvalue weighted by atomic mass is 16.2. The van der Waals surface area contributed by atoms with Gasteiger partial charge in [-0.1, -0.05) is 0 Å². The van der Waals surface area contributed by atoms with Gasteiger partial charge in [-0.25, -0.2) is 9.78 Å². The molecule has 138 valence electrons. The van der Waals surface area contributed by atoms with Crippen LogP contribution in [-0.2, 0) is 30.2 Å². The Bertz CT molecular complexity index is 1040. The maximum absolute atomic E-state index is 12.8. The lowest BCUT2D eigenvalue weighted by Crippen LogP contribution is -2.42. The number of nitrogens with one attached hydrogen (secondary N) is 1. The van der Waals surface area contributed by atoms with Gasteiger partial charge in [-0.05, 0) is 31.6 Å². The van der Waals surface area contributed by atoms with Gasteiger partial charge >= 0.3 is 5.69 Å². The Labute approximate surface area is 148 Å². The number of nitrogens with zero attached hydrogens (tertiary/aromatic N) is 4. The minimum atomic E-state index is -0.588. The average Bonchev–Trinajstić information content (AvgIpc) is 3.11. The Morgan fingerprint density at radius 3 is 2.50 bits per heavy atom. The summed E-state index contributed by atoms with van der Waals surface area (Å²) in [5.74, 6) is -0.259. The largest absolute Gasteiger partial charge is 0.332 e. The van der Waals surface area contributed by atoms with Crippen LogP contribution >= 0.6 is 0 Å². The molecule has 2 amide bonds. The van der Waals surface area contributed by atoms with Crippen molar-refractivity contribution in [1.82, 2.24) is 24.0 Å². The summed E-state index contributed by atoms with van der Waals surface area (Å²) in [6.07, 6.45) is 4.41. The summed E-state index contributed by atoms with van der Waals surface area (Å²) in [4.78, 5) is 53.1. The van der Waals surface area contributed by atoms with Crippen LogP contribution in [0.1, 0.15) is 32.1 Å².